The molecule has 2 saturated heterocycles. The molecule has 3 aliphatic heterocycles. The number of Topliss-reactive ketones (excluding diaryl/α,β-unsaturated/α-hetero) is 1. The highest BCUT2D eigenvalue weighted by Gasteiger charge is 2.46. The van der Waals surface area contributed by atoms with Gasteiger partial charge in [0.2, 0.25) is 17.6 Å². The predicted octanol–water partition coefficient (Wildman–Crippen LogP) is 0.581. The van der Waals surface area contributed by atoms with Crippen molar-refractivity contribution in [3.63, 3.8) is 0 Å². The molecule has 10 heteroatoms. The first-order valence-electron chi connectivity index (χ1n) is 10.3. The number of piperidine rings is 1. The highest BCUT2D eigenvalue weighted by molar-refractivity contribution is 6.27. The van der Waals surface area contributed by atoms with Crippen LogP contribution in [-0.2, 0) is 25.7 Å². The average molecular weight is 434 g/mol. The van der Waals surface area contributed by atoms with Gasteiger partial charge in [0, 0.05) is 43.7 Å². The minimum absolute atomic E-state index is 0.00669. The molecule has 4 unspecified atom stereocenters. The molecule has 0 bridgehead atoms. The van der Waals surface area contributed by atoms with Crippen molar-refractivity contribution in [1.29, 1.82) is 0 Å². The number of benzene rings is 1. The number of hydrogen-bond acceptors (Lipinski definition) is 7. The summed E-state index contributed by atoms with van der Waals surface area (Å²) in [5.74, 6) is -4.26. The second kappa shape index (κ2) is 8.08. The molecule has 3 aliphatic rings. The van der Waals surface area contributed by atoms with Gasteiger partial charge in [-0.25, -0.2) is 8.78 Å². The molecule has 0 aliphatic carbocycles. The molecule has 2 fully saturated rings. The van der Waals surface area contributed by atoms with Crippen LogP contribution >= 0.6 is 0 Å². The number of nitrogens with one attached hydrogen (secondary N) is 2. The van der Waals surface area contributed by atoms with Crippen LogP contribution < -0.4 is 15.5 Å². The third-order valence-electron chi connectivity index (χ3n) is 6.16. The van der Waals surface area contributed by atoms with E-state index >= 15 is 8.78 Å². The number of anilines is 1. The van der Waals surface area contributed by atoms with E-state index in [2.05, 4.69) is 10.6 Å². The fourth-order valence-electron chi connectivity index (χ4n) is 4.97. The molecule has 2 amide bonds. The Morgan fingerprint density at radius 2 is 1.84 bits per heavy atom. The van der Waals surface area contributed by atoms with E-state index in [9.17, 15) is 19.2 Å². The zero-order valence-electron chi connectivity index (χ0n) is 17.3. The Labute approximate surface area is 177 Å². The number of rotatable bonds is 4. The van der Waals surface area contributed by atoms with Crippen molar-refractivity contribution in [2.24, 2.45) is 0 Å². The minimum atomic E-state index is -1.40. The Morgan fingerprint density at radius 3 is 2.45 bits per heavy atom. The molecule has 0 aromatic heterocycles. The van der Waals surface area contributed by atoms with Crippen molar-refractivity contribution in [3.8, 4) is 0 Å². The number of amides is 2. The van der Waals surface area contributed by atoms with Gasteiger partial charge in [-0.3, -0.25) is 29.4 Å². The topological polar surface area (TPSA) is 98.8 Å². The summed E-state index contributed by atoms with van der Waals surface area (Å²) >= 11 is 0. The molecule has 4 rings (SSSR count). The van der Waals surface area contributed by atoms with E-state index in [1.54, 1.807) is 4.90 Å². The van der Waals surface area contributed by atoms with Crippen LogP contribution in [0.4, 0.5) is 14.5 Å². The summed E-state index contributed by atoms with van der Waals surface area (Å²) in [6, 6.07) is -0.646. The highest BCUT2D eigenvalue weighted by atomic mass is 19.2. The van der Waals surface area contributed by atoms with Crippen LogP contribution in [0.5, 0.6) is 0 Å². The number of hydrogen-bond donors (Lipinski definition) is 2. The van der Waals surface area contributed by atoms with Gasteiger partial charge in [0.05, 0.1) is 11.7 Å². The number of nitrogens with zero attached hydrogens (tertiary/aromatic N) is 2. The molecule has 0 spiro atoms. The van der Waals surface area contributed by atoms with Crippen LogP contribution in [-0.4, -0.2) is 60.0 Å². The first-order valence-corrected chi connectivity index (χ1v) is 10.3. The van der Waals surface area contributed by atoms with E-state index in [0.717, 1.165) is 0 Å². The lowest BCUT2D eigenvalue weighted by Gasteiger charge is -2.38. The molecule has 8 nitrogen and oxygen atoms in total. The summed E-state index contributed by atoms with van der Waals surface area (Å²) in [5, 5.41) is 5.54. The quantitative estimate of drug-likeness (QED) is 0.406. The number of halogens is 2. The Kier molecular flexibility index (Phi) is 5.61. The van der Waals surface area contributed by atoms with Crippen LogP contribution in [0.1, 0.15) is 43.9 Å². The molecular formula is C21H24F2N4O4. The summed E-state index contributed by atoms with van der Waals surface area (Å²) in [6.07, 6.45) is 0.249. The number of ketones is 1. The van der Waals surface area contributed by atoms with Crippen LogP contribution in [0.25, 0.3) is 0 Å². The number of carbonyl (C=O) groups excluding carboxylic acids is 4. The van der Waals surface area contributed by atoms with Crippen molar-refractivity contribution < 1.29 is 28.0 Å². The van der Waals surface area contributed by atoms with Gasteiger partial charge >= 0.3 is 0 Å². The second-order valence-electron chi connectivity index (χ2n) is 8.53. The van der Waals surface area contributed by atoms with E-state index in [-0.39, 0.29) is 49.0 Å². The first kappa shape index (κ1) is 21.5. The summed E-state index contributed by atoms with van der Waals surface area (Å²) in [7, 11) is 0. The molecule has 4 atom stereocenters. The zero-order valence-corrected chi connectivity index (χ0v) is 17.3. The van der Waals surface area contributed by atoms with Crippen molar-refractivity contribution >= 4 is 29.6 Å². The van der Waals surface area contributed by atoms with Gasteiger partial charge in [-0.2, -0.15) is 0 Å². The van der Waals surface area contributed by atoms with Crippen LogP contribution in [0, 0.1) is 11.6 Å². The van der Waals surface area contributed by atoms with Gasteiger partial charge in [0.15, 0.2) is 17.9 Å². The maximum atomic E-state index is 15.3. The Balaban J connectivity index is 1.75. The number of imide groups is 1. The van der Waals surface area contributed by atoms with E-state index < -0.39 is 41.3 Å². The number of fused-ring (bicyclic) bond motifs is 1. The molecule has 0 radical (unpaired) electrons. The van der Waals surface area contributed by atoms with E-state index in [4.69, 9.17) is 0 Å². The largest absolute Gasteiger partial charge is 0.366 e. The van der Waals surface area contributed by atoms with Gasteiger partial charge in [0.25, 0.3) is 0 Å². The van der Waals surface area contributed by atoms with E-state index in [0.29, 0.717) is 18.7 Å². The van der Waals surface area contributed by atoms with Gasteiger partial charge in [-0.15, -0.1) is 0 Å². The monoisotopic (exact) mass is 434 g/mol. The van der Waals surface area contributed by atoms with Crippen molar-refractivity contribution in [2.45, 2.75) is 57.4 Å². The normalized spacial score (nSPS) is 29.0. The Hall–Kier alpha value is -2.72. The second-order valence-corrected chi connectivity index (χ2v) is 8.53. The van der Waals surface area contributed by atoms with Crippen LogP contribution in [0.2, 0.25) is 0 Å². The molecule has 1 aromatic rings. The summed E-state index contributed by atoms with van der Waals surface area (Å²) in [4.78, 5) is 50.7. The fraction of sp³-hybridized carbons (Fsp3) is 0.524. The molecule has 0 saturated carbocycles. The lowest BCUT2D eigenvalue weighted by Crippen LogP contribution is -2.54. The maximum absolute atomic E-state index is 15.3. The lowest BCUT2D eigenvalue weighted by atomic mass is 9.97. The average Bonchev–Trinajstić information content (AvgIpc) is 3.08. The molecular weight excluding hydrogens is 410 g/mol. The van der Waals surface area contributed by atoms with Crippen LogP contribution in [0.15, 0.2) is 6.07 Å². The van der Waals surface area contributed by atoms with Crippen molar-refractivity contribution in [1.82, 2.24) is 15.5 Å². The lowest BCUT2D eigenvalue weighted by molar-refractivity contribution is -0.141. The molecule has 31 heavy (non-hydrogen) atoms. The highest BCUT2D eigenvalue weighted by Crippen LogP contribution is 2.42. The smallest absolute Gasteiger partial charge is 0.243 e. The van der Waals surface area contributed by atoms with Crippen molar-refractivity contribution in [3.05, 3.63) is 28.8 Å². The Morgan fingerprint density at radius 1 is 1.16 bits per heavy atom. The maximum Gasteiger partial charge on any atom is 0.243 e. The standard InChI is InChI=1S/C21H24F2N4O4/c1-10-6-26(7-11(2)24-10)14-5-12-8-27(13-3-4-16(30)25-21(13)31)20(15(29)9-28)17(12)19(23)18(14)22/h5,9-11,13,20,24H,3-4,6-8H2,1-2H3,(H,25,30,31). The first-order chi connectivity index (χ1) is 14.7. The summed E-state index contributed by atoms with van der Waals surface area (Å²) in [5.41, 5.74) is 0.246. The third kappa shape index (κ3) is 3.74. The van der Waals surface area contributed by atoms with Crippen LogP contribution in [0.3, 0.4) is 0 Å². The SMILES string of the molecule is CC1CN(c2cc3c(c(F)c2F)C(C(=O)C=O)N(C2CCC(=O)NC2=O)C3)CC(C)N1. The van der Waals surface area contributed by atoms with Crippen molar-refractivity contribution in [2.75, 3.05) is 18.0 Å². The summed E-state index contributed by atoms with van der Waals surface area (Å²) in [6.45, 7) is 4.86. The number of aldehydes is 1. The molecule has 2 N–H and O–H groups in total. The van der Waals surface area contributed by atoms with Gasteiger partial charge < -0.3 is 10.2 Å². The number of piperazine rings is 1. The van der Waals surface area contributed by atoms with Gasteiger partial charge in [-0.1, -0.05) is 0 Å². The molecule has 1 aromatic carbocycles. The third-order valence-corrected chi connectivity index (χ3v) is 6.16. The molecule has 3 heterocycles. The van der Waals surface area contributed by atoms with E-state index in [1.807, 2.05) is 13.8 Å². The minimum Gasteiger partial charge on any atom is -0.366 e. The summed E-state index contributed by atoms with van der Waals surface area (Å²) < 4.78 is 30.4. The predicted molar refractivity (Wildman–Crippen MR) is 106 cm³/mol. The molecule has 166 valence electrons. The number of carbonyl (C=O) groups is 4. The van der Waals surface area contributed by atoms with Gasteiger partial charge in [0.1, 0.15) is 6.04 Å². The van der Waals surface area contributed by atoms with Gasteiger partial charge in [-0.05, 0) is 31.9 Å². The fourth-order valence-corrected chi connectivity index (χ4v) is 4.97. The Bertz CT molecular complexity index is 959. The zero-order chi connectivity index (χ0) is 22.4. The van der Waals surface area contributed by atoms with E-state index in [1.165, 1.54) is 11.0 Å².